The molecule has 0 radical (unpaired) electrons. The number of anilines is 1. The fraction of sp³-hybridized carbons (Fsp3) is 0.211. The lowest BCUT2D eigenvalue weighted by Gasteiger charge is -2.10. The van der Waals surface area contributed by atoms with Gasteiger partial charge in [-0.1, -0.05) is 23.7 Å². The van der Waals surface area contributed by atoms with E-state index in [9.17, 15) is 8.78 Å². The molecule has 25 heavy (non-hydrogen) atoms. The van der Waals surface area contributed by atoms with Crippen LogP contribution in [0.15, 0.2) is 42.5 Å². The maximum atomic E-state index is 14.4. The molecule has 0 bridgehead atoms. The van der Waals surface area contributed by atoms with Gasteiger partial charge >= 0.3 is 0 Å². The molecule has 1 N–H and O–H groups in total. The molecule has 1 aliphatic heterocycles. The van der Waals surface area contributed by atoms with E-state index >= 15 is 0 Å². The molecule has 0 saturated heterocycles. The molecule has 6 heteroatoms. The lowest BCUT2D eigenvalue weighted by Crippen LogP contribution is -2.07. The highest BCUT2D eigenvalue weighted by molar-refractivity contribution is 6.32. The van der Waals surface area contributed by atoms with E-state index in [0.717, 1.165) is 48.9 Å². The van der Waals surface area contributed by atoms with Crippen molar-refractivity contribution >= 4 is 17.4 Å². The van der Waals surface area contributed by atoms with Crippen LogP contribution in [-0.4, -0.2) is 16.3 Å². The summed E-state index contributed by atoms with van der Waals surface area (Å²) in [5.74, 6) is -0.392. The number of rotatable bonds is 2. The van der Waals surface area contributed by atoms with Crippen molar-refractivity contribution in [3.63, 3.8) is 0 Å². The van der Waals surface area contributed by atoms with Crippen LogP contribution in [0, 0.1) is 11.6 Å². The number of para-hydroxylation sites is 1. The minimum atomic E-state index is -0.615. The van der Waals surface area contributed by atoms with Gasteiger partial charge in [0.2, 0.25) is 0 Å². The van der Waals surface area contributed by atoms with Gasteiger partial charge in [0.15, 0.2) is 0 Å². The summed E-state index contributed by atoms with van der Waals surface area (Å²) in [5, 5.41) is 8.58. The predicted octanol–water partition coefficient (Wildman–Crippen LogP) is 5.22. The van der Waals surface area contributed by atoms with Crippen molar-refractivity contribution in [3.05, 3.63) is 64.7 Å². The van der Waals surface area contributed by atoms with Gasteiger partial charge in [-0.25, -0.2) is 13.5 Å². The van der Waals surface area contributed by atoms with E-state index in [-0.39, 0.29) is 0 Å². The molecule has 3 aromatic rings. The molecule has 0 spiro atoms. The highest BCUT2D eigenvalue weighted by atomic mass is 35.5. The van der Waals surface area contributed by atoms with Crippen molar-refractivity contribution in [2.45, 2.75) is 19.3 Å². The normalized spacial score (nSPS) is 13.9. The fourth-order valence-electron chi connectivity index (χ4n) is 3.20. The Morgan fingerprint density at radius 1 is 1.08 bits per heavy atom. The summed E-state index contributed by atoms with van der Waals surface area (Å²) in [7, 11) is 0. The van der Waals surface area contributed by atoms with E-state index < -0.39 is 11.6 Å². The molecule has 0 fully saturated rings. The Morgan fingerprint density at radius 3 is 2.72 bits per heavy atom. The monoisotopic (exact) mass is 359 g/mol. The first-order valence-corrected chi connectivity index (χ1v) is 8.59. The van der Waals surface area contributed by atoms with Crippen molar-refractivity contribution in [1.82, 2.24) is 9.78 Å². The SMILES string of the molecule is Fc1ccc(-c2nn(-c3ccccc3Cl)c3c2CCCCN3)c(F)c1. The number of aromatic nitrogens is 2. The number of benzene rings is 2. The average Bonchev–Trinajstić information content (AvgIpc) is 2.78. The van der Waals surface area contributed by atoms with Crippen LogP contribution in [0.2, 0.25) is 5.02 Å². The molecular weight excluding hydrogens is 344 g/mol. The Kier molecular flexibility index (Phi) is 4.17. The molecule has 3 nitrogen and oxygen atoms in total. The first kappa shape index (κ1) is 16.1. The molecule has 0 amide bonds. The van der Waals surface area contributed by atoms with Crippen LogP contribution < -0.4 is 5.32 Å². The molecule has 128 valence electrons. The van der Waals surface area contributed by atoms with Crippen molar-refractivity contribution in [3.8, 4) is 16.9 Å². The van der Waals surface area contributed by atoms with Crippen LogP contribution in [0.25, 0.3) is 16.9 Å². The summed E-state index contributed by atoms with van der Waals surface area (Å²) in [6.07, 6.45) is 2.77. The summed E-state index contributed by atoms with van der Waals surface area (Å²) in [4.78, 5) is 0. The summed E-state index contributed by atoms with van der Waals surface area (Å²) < 4.78 is 29.4. The Labute approximate surface area is 149 Å². The second-order valence-electron chi connectivity index (χ2n) is 6.05. The van der Waals surface area contributed by atoms with Crippen LogP contribution in [-0.2, 0) is 6.42 Å². The fourth-order valence-corrected chi connectivity index (χ4v) is 3.41. The highest BCUT2D eigenvalue weighted by Crippen LogP contribution is 2.36. The number of nitrogens with zero attached hydrogens (tertiary/aromatic N) is 2. The van der Waals surface area contributed by atoms with E-state index in [1.54, 1.807) is 10.7 Å². The molecule has 0 aliphatic carbocycles. The molecule has 2 aromatic carbocycles. The van der Waals surface area contributed by atoms with Gasteiger partial charge in [-0.15, -0.1) is 0 Å². The molecule has 1 aromatic heterocycles. The first-order chi connectivity index (χ1) is 12.1. The Hall–Kier alpha value is -2.40. The number of halogens is 3. The van der Waals surface area contributed by atoms with E-state index in [1.807, 2.05) is 18.2 Å². The van der Waals surface area contributed by atoms with Gasteiger partial charge in [0.1, 0.15) is 23.1 Å². The molecule has 0 saturated carbocycles. The van der Waals surface area contributed by atoms with Crippen LogP contribution in [0.1, 0.15) is 18.4 Å². The van der Waals surface area contributed by atoms with Crippen LogP contribution in [0.5, 0.6) is 0 Å². The standard InChI is InChI=1S/C19H16ClF2N3/c20-15-6-1-2-7-17(15)25-19-14(5-3-4-10-23-19)18(24-25)13-9-8-12(21)11-16(13)22/h1-2,6-9,11,23H,3-5,10H2. The summed E-state index contributed by atoms with van der Waals surface area (Å²) >= 11 is 6.34. The van der Waals surface area contributed by atoms with Crippen molar-refractivity contribution in [2.24, 2.45) is 0 Å². The van der Waals surface area contributed by atoms with Crippen LogP contribution >= 0.6 is 11.6 Å². The molecule has 4 rings (SSSR count). The van der Waals surface area contributed by atoms with E-state index in [4.69, 9.17) is 11.6 Å². The average molecular weight is 360 g/mol. The van der Waals surface area contributed by atoms with E-state index in [1.165, 1.54) is 12.1 Å². The third-order valence-corrected chi connectivity index (χ3v) is 4.72. The number of fused-ring (bicyclic) bond motifs is 1. The first-order valence-electron chi connectivity index (χ1n) is 8.21. The van der Waals surface area contributed by atoms with Gasteiger partial charge in [0, 0.05) is 23.7 Å². The maximum absolute atomic E-state index is 14.4. The van der Waals surface area contributed by atoms with Gasteiger partial charge in [0.05, 0.1) is 10.7 Å². The minimum absolute atomic E-state index is 0.298. The van der Waals surface area contributed by atoms with Crippen molar-refractivity contribution < 1.29 is 8.78 Å². The zero-order valence-electron chi connectivity index (χ0n) is 13.4. The Morgan fingerprint density at radius 2 is 1.92 bits per heavy atom. The zero-order chi connectivity index (χ0) is 17.4. The number of nitrogens with one attached hydrogen (secondary N) is 1. The second-order valence-corrected chi connectivity index (χ2v) is 6.45. The number of hydrogen-bond acceptors (Lipinski definition) is 2. The third kappa shape index (κ3) is 2.89. The largest absolute Gasteiger partial charge is 0.370 e. The molecule has 0 atom stereocenters. The summed E-state index contributed by atoms with van der Waals surface area (Å²) in [6.45, 7) is 0.814. The maximum Gasteiger partial charge on any atom is 0.135 e. The van der Waals surface area contributed by atoms with Gasteiger partial charge in [0.25, 0.3) is 0 Å². The second kappa shape index (κ2) is 6.48. The van der Waals surface area contributed by atoms with E-state index in [2.05, 4.69) is 10.4 Å². The zero-order valence-corrected chi connectivity index (χ0v) is 14.2. The topological polar surface area (TPSA) is 29.9 Å². The molecular formula is C19H16ClF2N3. The smallest absolute Gasteiger partial charge is 0.135 e. The van der Waals surface area contributed by atoms with Crippen LogP contribution in [0.4, 0.5) is 14.6 Å². The van der Waals surface area contributed by atoms with E-state index in [0.29, 0.717) is 16.3 Å². The summed E-state index contributed by atoms with van der Waals surface area (Å²) in [6, 6.07) is 11.0. The van der Waals surface area contributed by atoms with Gasteiger partial charge in [-0.05, 0) is 43.5 Å². The van der Waals surface area contributed by atoms with Gasteiger partial charge < -0.3 is 5.32 Å². The van der Waals surface area contributed by atoms with Crippen molar-refractivity contribution in [2.75, 3.05) is 11.9 Å². The Bertz CT molecular complexity index is 936. The molecule has 0 unspecified atom stereocenters. The predicted molar refractivity (Wildman–Crippen MR) is 95.4 cm³/mol. The van der Waals surface area contributed by atoms with Crippen LogP contribution in [0.3, 0.4) is 0 Å². The highest BCUT2D eigenvalue weighted by Gasteiger charge is 2.24. The molecule has 2 heterocycles. The third-order valence-electron chi connectivity index (χ3n) is 4.40. The lowest BCUT2D eigenvalue weighted by atomic mass is 10.0. The Balaban J connectivity index is 1.95. The quantitative estimate of drug-likeness (QED) is 0.680. The van der Waals surface area contributed by atoms with Gasteiger partial charge in [-0.2, -0.15) is 5.10 Å². The van der Waals surface area contributed by atoms with Gasteiger partial charge in [-0.3, -0.25) is 0 Å². The lowest BCUT2D eigenvalue weighted by molar-refractivity contribution is 0.585. The number of hydrogen-bond donors (Lipinski definition) is 1. The molecule has 1 aliphatic rings. The minimum Gasteiger partial charge on any atom is -0.370 e. The van der Waals surface area contributed by atoms with Crippen molar-refractivity contribution in [1.29, 1.82) is 0 Å². The summed E-state index contributed by atoms with van der Waals surface area (Å²) in [5.41, 5.74) is 2.49.